The SMILES string of the molecule is O=[N+]([O-])c1c(N2CCCCCC2)ncnc1N1CCc2ccccc21. The number of aromatic nitrogens is 2. The summed E-state index contributed by atoms with van der Waals surface area (Å²) in [6.45, 7) is 2.33. The van der Waals surface area contributed by atoms with Gasteiger partial charge >= 0.3 is 5.69 Å². The number of anilines is 3. The van der Waals surface area contributed by atoms with Gasteiger partial charge in [0.2, 0.25) is 11.6 Å². The van der Waals surface area contributed by atoms with Crippen molar-refractivity contribution in [3.8, 4) is 0 Å². The zero-order valence-electron chi connectivity index (χ0n) is 14.1. The summed E-state index contributed by atoms with van der Waals surface area (Å²) in [7, 11) is 0. The van der Waals surface area contributed by atoms with Gasteiger partial charge in [-0.15, -0.1) is 0 Å². The number of hydrogen-bond acceptors (Lipinski definition) is 6. The topological polar surface area (TPSA) is 75.4 Å². The van der Waals surface area contributed by atoms with Crippen LogP contribution < -0.4 is 9.80 Å². The molecule has 0 bridgehead atoms. The summed E-state index contributed by atoms with van der Waals surface area (Å²) in [6.07, 6.45) is 6.76. The van der Waals surface area contributed by atoms with Gasteiger partial charge in [-0.1, -0.05) is 31.0 Å². The first kappa shape index (κ1) is 15.8. The Hall–Kier alpha value is -2.70. The summed E-state index contributed by atoms with van der Waals surface area (Å²) in [5.41, 5.74) is 2.24. The first-order valence-electron chi connectivity index (χ1n) is 8.85. The van der Waals surface area contributed by atoms with Gasteiger partial charge in [0, 0.05) is 25.3 Å². The largest absolute Gasteiger partial charge is 0.353 e. The molecule has 25 heavy (non-hydrogen) atoms. The van der Waals surface area contributed by atoms with Gasteiger partial charge in [-0.2, -0.15) is 0 Å². The second-order valence-electron chi connectivity index (χ2n) is 6.56. The molecule has 0 aliphatic carbocycles. The molecular formula is C18H21N5O2. The molecule has 1 saturated heterocycles. The molecule has 0 amide bonds. The van der Waals surface area contributed by atoms with Gasteiger partial charge < -0.3 is 9.80 Å². The van der Waals surface area contributed by atoms with Crippen LogP contribution in [0, 0.1) is 10.1 Å². The average Bonchev–Trinajstić information content (AvgIpc) is 2.87. The van der Waals surface area contributed by atoms with Gasteiger partial charge in [-0.25, -0.2) is 9.97 Å². The van der Waals surface area contributed by atoms with Crippen molar-refractivity contribution in [2.24, 2.45) is 0 Å². The average molecular weight is 339 g/mol. The number of hydrogen-bond donors (Lipinski definition) is 0. The Labute approximate surface area is 146 Å². The number of nitro groups is 1. The van der Waals surface area contributed by atoms with E-state index < -0.39 is 0 Å². The maximum atomic E-state index is 11.9. The van der Waals surface area contributed by atoms with E-state index in [0.717, 1.165) is 38.0 Å². The maximum absolute atomic E-state index is 11.9. The normalized spacial score (nSPS) is 17.3. The van der Waals surface area contributed by atoms with Crippen molar-refractivity contribution in [1.29, 1.82) is 0 Å². The van der Waals surface area contributed by atoms with Crippen molar-refractivity contribution in [2.45, 2.75) is 32.1 Å². The van der Waals surface area contributed by atoms with Crippen LogP contribution in [-0.2, 0) is 6.42 Å². The monoisotopic (exact) mass is 339 g/mol. The van der Waals surface area contributed by atoms with Crippen molar-refractivity contribution in [3.63, 3.8) is 0 Å². The van der Waals surface area contributed by atoms with E-state index in [2.05, 4.69) is 20.9 Å². The summed E-state index contributed by atoms with van der Waals surface area (Å²) in [4.78, 5) is 24.2. The van der Waals surface area contributed by atoms with Crippen molar-refractivity contribution in [1.82, 2.24) is 9.97 Å². The molecule has 2 aromatic rings. The molecule has 1 fully saturated rings. The number of rotatable bonds is 3. The van der Waals surface area contributed by atoms with Gasteiger partial charge in [0.1, 0.15) is 6.33 Å². The first-order valence-corrected chi connectivity index (χ1v) is 8.85. The van der Waals surface area contributed by atoms with Crippen LogP contribution in [0.25, 0.3) is 0 Å². The van der Waals surface area contributed by atoms with Crippen LogP contribution >= 0.6 is 0 Å². The van der Waals surface area contributed by atoms with Crippen LogP contribution in [0.5, 0.6) is 0 Å². The lowest BCUT2D eigenvalue weighted by atomic mass is 10.2. The van der Waals surface area contributed by atoms with Gasteiger partial charge in [-0.3, -0.25) is 10.1 Å². The second kappa shape index (κ2) is 6.66. The first-order chi connectivity index (χ1) is 12.3. The number of fused-ring (bicyclic) bond motifs is 1. The Kier molecular flexibility index (Phi) is 4.21. The summed E-state index contributed by atoms with van der Waals surface area (Å²) in [6, 6.07) is 8.02. The van der Waals surface area contributed by atoms with Crippen LogP contribution in [0.1, 0.15) is 31.2 Å². The van der Waals surface area contributed by atoms with Gasteiger partial charge in [0.05, 0.1) is 4.92 Å². The molecule has 7 nitrogen and oxygen atoms in total. The van der Waals surface area contributed by atoms with E-state index in [1.54, 1.807) is 0 Å². The molecule has 3 heterocycles. The highest BCUT2D eigenvalue weighted by atomic mass is 16.6. The molecule has 0 saturated carbocycles. The summed E-state index contributed by atoms with van der Waals surface area (Å²) >= 11 is 0. The van der Waals surface area contributed by atoms with E-state index in [0.29, 0.717) is 18.2 Å². The Morgan fingerprint density at radius 3 is 2.44 bits per heavy atom. The molecule has 0 unspecified atom stereocenters. The standard InChI is InChI=1S/C18H21N5O2/c24-23(25)16-17(21-10-5-1-2-6-11-21)19-13-20-18(16)22-12-9-14-7-3-4-8-15(14)22/h3-4,7-8,13H,1-2,5-6,9-12H2. The van der Waals surface area contributed by atoms with E-state index >= 15 is 0 Å². The third-order valence-electron chi connectivity index (χ3n) is 5.01. The van der Waals surface area contributed by atoms with Crippen LogP contribution in [0.2, 0.25) is 0 Å². The predicted octanol–water partition coefficient (Wildman–Crippen LogP) is 3.46. The lowest BCUT2D eigenvalue weighted by Gasteiger charge is -2.24. The Morgan fingerprint density at radius 1 is 0.960 bits per heavy atom. The summed E-state index contributed by atoms with van der Waals surface area (Å²) in [5, 5.41) is 11.9. The molecule has 2 aliphatic heterocycles. The van der Waals surface area contributed by atoms with Gasteiger partial charge in [-0.05, 0) is 30.9 Å². The quantitative estimate of drug-likeness (QED) is 0.630. The van der Waals surface area contributed by atoms with Crippen LogP contribution in [-0.4, -0.2) is 34.5 Å². The summed E-state index contributed by atoms with van der Waals surface area (Å²) in [5.74, 6) is 0.866. The summed E-state index contributed by atoms with van der Waals surface area (Å²) < 4.78 is 0. The highest BCUT2D eigenvalue weighted by molar-refractivity contribution is 5.78. The van der Waals surface area contributed by atoms with E-state index in [1.807, 2.05) is 23.1 Å². The predicted molar refractivity (Wildman–Crippen MR) is 96.5 cm³/mol. The molecule has 1 aromatic heterocycles. The number of nitrogens with zero attached hydrogens (tertiary/aromatic N) is 5. The molecular weight excluding hydrogens is 318 g/mol. The van der Waals surface area contributed by atoms with E-state index in [9.17, 15) is 10.1 Å². The third kappa shape index (κ3) is 2.90. The Morgan fingerprint density at radius 2 is 1.68 bits per heavy atom. The van der Waals surface area contributed by atoms with Crippen molar-refractivity contribution >= 4 is 23.0 Å². The molecule has 0 N–H and O–H groups in total. The van der Waals surface area contributed by atoms with Gasteiger partial charge in [0.15, 0.2) is 0 Å². The van der Waals surface area contributed by atoms with E-state index in [-0.39, 0.29) is 10.6 Å². The smallest absolute Gasteiger partial charge is 0.351 e. The van der Waals surface area contributed by atoms with Crippen molar-refractivity contribution in [3.05, 3.63) is 46.3 Å². The molecule has 0 radical (unpaired) electrons. The molecule has 7 heteroatoms. The number of para-hydroxylation sites is 1. The fraction of sp³-hybridized carbons (Fsp3) is 0.444. The lowest BCUT2D eigenvalue weighted by molar-refractivity contribution is -0.383. The highest BCUT2D eigenvalue weighted by Crippen LogP contribution is 2.41. The third-order valence-corrected chi connectivity index (χ3v) is 5.01. The number of benzene rings is 1. The molecule has 0 spiro atoms. The minimum atomic E-state index is -0.323. The van der Waals surface area contributed by atoms with E-state index in [1.165, 1.54) is 24.7 Å². The lowest BCUT2D eigenvalue weighted by Crippen LogP contribution is -2.27. The Bertz CT molecular complexity index is 787. The molecule has 0 atom stereocenters. The van der Waals surface area contributed by atoms with Crippen LogP contribution in [0.4, 0.5) is 23.0 Å². The van der Waals surface area contributed by atoms with Gasteiger partial charge in [0.25, 0.3) is 0 Å². The maximum Gasteiger partial charge on any atom is 0.353 e. The minimum absolute atomic E-state index is 0.0288. The Balaban J connectivity index is 1.78. The zero-order valence-corrected chi connectivity index (χ0v) is 14.1. The van der Waals surface area contributed by atoms with Crippen LogP contribution in [0.15, 0.2) is 30.6 Å². The molecule has 130 valence electrons. The second-order valence-corrected chi connectivity index (χ2v) is 6.56. The highest BCUT2D eigenvalue weighted by Gasteiger charge is 2.33. The fourth-order valence-electron chi connectivity index (χ4n) is 3.79. The van der Waals surface area contributed by atoms with Crippen LogP contribution in [0.3, 0.4) is 0 Å². The molecule has 4 rings (SSSR count). The van der Waals surface area contributed by atoms with E-state index in [4.69, 9.17) is 0 Å². The van der Waals surface area contributed by atoms with Crippen molar-refractivity contribution in [2.75, 3.05) is 29.4 Å². The molecule has 2 aliphatic rings. The zero-order chi connectivity index (χ0) is 17.2. The minimum Gasteiger partial charge on any atom is -0.351 e. The van der Waals surface area contributed by atoms with Crippen molar-refractivity contribution < 1.29 is 4.92 Å². The molecule has 1 aromatic carbocycles. The fourth-order valence-corrected chi connectivity index (χ4v) is 3.79.